The van der Waals surface area contributed by atoms with Crippen molar-refractivity contribution in [3.8, 4) is 0 Å². The van der Waals surface area contributed by atoms with Crippen LogP contribution in [0.25, 0.3) is 0 Å². The molecule has 120 valence electrons. The largest absolute Gasteiger partial charge is 0.364 e. The minimum absolute atomic E-state index is 0.262. The number of carbonyl (C=O) groups is 1. The standard InChI is InChI=1S/C17H16N6O/c24-17(21-12-14-5-1-2-9-19-14)15-6-7-16(23-22-15)20-11-13-4-3-8-18-10-13/h1-10H,11-12H2,(H,20,23)(H,21,24). The van der Waals surface area contributed by atoms with Crippen molar-refractivity contribution in [2.45, 2.75) is 13.1 Å². The summed E-state index contributed by atoms with van der Waals surface area (Å²) in [6, 6.07) is 12.7. The maximum absolute atomic E-state index is 12.0. The molecule has 0 aliphatic rings. The van der Waals surface area contributed by atoms with E-state index in [1.807, 2.05) is 30.3 Å². The zero-order valence-electron chi connectivity index (χ0n) is 12.9. The van der Waals surface area contributed by atoms with Crippen LogP contribution in [0.4, 0.5) is 5.82 Å². The van der Waals surface area contributed by atoms with Crippen molar-refractivity contribution in [2.75, 3.05) is 5.32 Å². The Hall–Kier alpha value is -3.35. The topological polar surface area (TPSA) is 92.7 Å². The van der Waals surface area contributed by atoms with Crippen molar-refractivity contribution in [1.29, 1.82) is 0 Å². The third-order valence-electron chi connectivity index (χ3n) is 3.25. The average molecular weight is 320 g/mol. The van der Waals surface area contributed by atoms with Crippen LogP contribution in [0.1, 0.15) is 21.7 Å². The third-order valence-corrected chi connectivity index (χ3v) is 3.25. The highest BCUT2D eigenvalue weighted by atomic mass is 16.1. The fourth-order valence-electron chi connectivity index (χ4n) is 2.01. The monoisotopic (exact) mass is 320 g/mol. The van der Waals surface area contributed by atoms with E-state index in [2.05, 4.69) is 30.8 Å². The van der Waals surface area contributed by atoms with E-state index in [4.69, 9.17) is 0 Å². The van der Waals surface area contributed by atoms with E-state index >= 15 is 0 Å². The number of nitrogens with one attached hydrogen (secondary N) is 2. The maximum atomic E-state index is 12.0. The van der Waals surface area contributed by atoms with Crippen LogP contribution >= 0.6 is 0 Å². The summed E-state index contributed by atoms with van der Waals surface area (Å²) in [6.45, 7) is 0.941. The van der Waals surface area contributed by atoms with Gasteiger partial charge in [0.05, 0.1) is 12.2 Å². The molecule has 0 aromatic carbocycles. The van der Waals surface area contributed by atoms with Crippen LogP contribution in [0.5, 0.6) is 0 Å². The van der Waals surface area contributed by atoms with Crippen molar-refractivity contribution in [2.24, 2.45) is 0 Å². The van der Waals surface area contributed by atoms with Crippen molar-refractivity contribution in [3.63, 3.8) is 0 Å². The van der Waals surface area contributed by atoms with E-state index in [1.54, 1.807) is 30.7 Å². The number of carbonyl (C=O) groups excluding carboxylic acids is 1. The Labute approximate surface area is 139 Å². The van der Waals surface area contributed by atoms with Crippen molar-refractivity contribution in [3.05, 3.63) is 78.0 Å². The van der Waals surface area contributed by atoms with Gasteiger partial charge in [0, 0.05) is 25.1 Å². The first-order chi connectivity index (χ1) is 11.8. The molecule has 3 aromatic heterocycles. The first-order valence-electron chi connectivity index (χ1n) is 7.46. The summed E-state index contributed by atoms with van der Waals surface area (Å²) in [7, 11) is 0. The average Bonchev–Trinajstić information content (AvgIpc) is 2.66. The van der Waals surface area contributed by atoms with Gasteiger partial charge in [0.15, 0.2) is 5.69 Å². The highest BCUT2D eigenvalue weighted by Crippen LogP contribution is 2.05. The van der Waals surface area contributed by atoms with Crippen LogP contribution in [-0.2, 0) is 13.1 Å². The van der Waals surface area contributed by atoms with Gasteiger partial charge in [-0.2, -0.15) is 0 Å². The van der Waals surface area contributed by atoms with E-state index in [-0.39, 0.29) is 11.6 Å². The lowest BCUT2D eigenvalue weighted by Crippen LogP contribution is -2.24. The Bertz CT molecular complexity index is 777. The SMILES string of the molecule is O=C(NCc1ccccn1)c1ccc(NCc2cccnc2)nn1. The van der Waals surface area contributed by atoms with E-state index < -0.39 is 0 Å². The molecule has 0 spiro atoms. The molecule has 0 unspecified atom stereocenters. The Balaban J connectivity index is 1.53. The molecule has 0 aliphatic heterocycles. The molecule has 0 radical (unpaired) electrons. The highest BCUT2D eigenvalue weighted by Gasteiger charge is 2.08. The molecule has 0 atom stereocenters. The van der Waals surface area contributed by atoms with Gasteiger partial charge in [-0.3, -0.25) is 14.8 Å². The summed E-state index contributed by atoms with van der Waals surface area (Å²) in [6.07, 6.45) is 5.19. The molecule has 0 fully saturated rings. The predicted molar refractivity (Wildman–Crippen MR) is 89.0 cm³/mol. The van der Waals surface area contributed by atoms with Crippen molar-refractivity contribution >= 4 is 11.7 Å². The van der Waals surface area contributed by atoms with Crippen LogP contribution in [0.3, 0.4) is 0 Å². The number of aromatic nitrogens is 4. The Kier molecular flexibility index (Phi) is 5.03. The second-order valence-corrected chi connectivity index (χ2v) is 5.02. The Morgan fingerprint density at radius 1 is 0.958 bits per heavy atom. The van der Waals surface area contributed by atoms with E-state index in [1.165, 1.54) is 0 Å². The van der Waals surface area contributed by atoms with E-state index in [0.29, 0.717) is 18.9 Å². The molecule has 0 bridgehead atoms. The lowest BCUT2D eigenvalue weighted by Gasteiger charge is -2.06. The fraction of sp³-hybridized carbons (Fsp3) is 0.118. The van der Waals surface area contributed by atoms with Crippen LogP contribution in [0.15, 0.2) is 61.1 Å². The summed E-state index contributed by atoms with van der Waals surface area (Å²) in [5.74, 6) is 0.312. The van der Waals surface area contributed by atoms with Gasteiger partial charge in [-0.1, -0.05) is 12.1 Å². The lowest BCUT2D eigenvalue weighted by atomic mass is 10.3. The Morgan fingerprint density at radius 2 is 1.92 bits per heavy atom. The highest BCUT2D eigenvalue weighted by molar-refractivity contribution is 5.92. The molecule has 7 heteroatoms. The van der Waals surface area contributed by atoms with Gasteiger partial charge in [0.25, 0.3) is 5.91 Å². The molecule has 0 saturated heterocycles. The minimum Gasteiger partial charge on any atom is -0.364 e. The number of pyridine rings is 2. The molecule has 0 aliphatic carbocycles. The maximum Gasteiger partial charge on any atom is 0.272 e. The normalized spacial score (nSPS) is 10.2. The summed E-state index contributed by atoms with van der Waals surface area (Å²) >= 11 is 0. The van der Waals surface area contributed by atoms with Gasteiger partial charge in [-0.25, -0.2) is 0 Å². The number of hydrogen-bond donors (Lipinski definition) is 2. The Morgan fingerprint density at radius 3 is 2.62 bits per heavy atom. The first kappa shape index (κ1) is 15.5. The summed E-state index contributed by atoms with van der Waals surface area (Å²) in [5.41, 5.74) is 2.09. The molecule has 2 N–H and O–H groups in total. The smallest absolute Gasteiger partial charge is 0.272 e. The number of rotatable bonds is 6. The zero-order valence-corrected chi connectivity index (χ0v) is 12.9. The van der Waals surface area contributed by atoms with Gasteiger partial charge in [0.1, 0.15) is 5.82 Å². The molecule has 3 aromatic rings. The number of anilines is 1. The number of amides is 1. The second kappa shape index (κ2) is 7.77. The van der Waals surface area contributed by atoms with E-state index in [0.717, 1.165) is 11.3 Å². The van der Waals surface area contributed by atoms with E-state index in [9.17, 15) is 4.79 Å². The lowest BCUT2D eigenvalue weighted by molar-refractivity contribution is 0.0944. The quantitative estimate of drug-likeness (QED) is 0.719. The van der Waals surface area contributed by atoms with Gasteiger partial charge in [-0.15, -0.1) is 10.2 Å². The number of hydrogen-bond acceptors (Lipinski definition) is 6. The molecule has 0 saturated carbocycles. The molecule has 7 nitrogen and oxygen atoms in total. The summed E-state index contributed by atoms with van der Waals surface area (Å²) in [4.78, 5) is 20.2. The fourth-order valence-corrected chi connectivity index (χ4v) is 2.01. The van der Waals surface area contributed by atoms with Crippen molar-refractivity contribution in [1.82, 2.24) is 25.5 Å². The molecular weight excluding hydrogens is 304 g/mol. The number of nitrogens with zero attached hydrogens (tertiary/aromatic N) is 4. The van der Waals surface area contributed by atoms with Gasteiger partial charge in [-0.05, 0) is 35.9 Å². The molecule has 3 rings (SSSR count). The van der Waals surface area contributed by atoms with Gasteiger partial charge >= 0.3 is 0 Å². The predicted octanol–water partition coefficient (Wildman–Crippen LogP) is 1.81. The summed E-state index contributed by atoms with van der Waals surface area (Å²) < 4.78 is 0. The van der Waals surface area contributed by atoms with Crippen molar-refractivity contribution < 1.29 is 4.79 Å². The van der Waals surface area contributed by atoms with Gasteiger partial charge in [0.2, 0.25) is 0 Å². The molecule has 3 heterocycles. The second-order valence-electron chi connectivity index (χ2n) is 5.02. The molecular formula is C17H16N6O. The van der Waals surface area contributed by atoms with Crippen LogP contribution < -0.4 is 10.6 Å². The van der Waals surface area contributed by atoms with Crippen LogP contribution in [-0.4, -0.2) is 26.1 Å². The minimum atomic E-state index is -0.285. The molecule has 24 heavy (non-hydrogen) atoms. The van der Waals surface area contributed by atoms with Crippen LogP contribution in [0, 0.1) is 0 Å². The van der Waals surface area contributed by atoms with Crippen LogP contribution in [0.2, 0.25) is 0 Å². The summed E-state index contributed by atoms with van der Waals surface area (Å²) in [5, 5.41) is 13.8. The third kappa shape index (κ3) is 4.33. The zero-order chi connectivity index (χ0) is 16.6. The van der Waals surface area contributed by atoms with Gasteiger partial charge < -0.3 is 10.6 Å². The molecule has 1 amide bonds. The first-order valence-corrected chi connectivity index (χ1v) is 7.46.